The lowest BCUT2D eigenvalue weighted by atomic mass is 10.1. The SMILES string of the molecule is Cl.c1ccc(CCN(C2=NCCCCCCCCCCC2)c2ccccc2)cc1. The molecule has 0 N–H and O–H groups in total. The van der Waals surface area contributed by atoms with Gasteiger partial charge >= 0.3 is 0 Å². The molecule has 29 heavy (non-hydrogen) atoms. The van der Waals surface area contributed by atoms with E-state index in [9.17, 15) is 0 Å². The third-order valence-corrected chi connectivity index (χ3v) is 5.70. The first-order chi connectivity index (χ1) is 13.9. The second kappa shape index (κ2) is 14.2. The highest BCUT2D eigenvalue weighted by molar-refractivity contribution is 5.97. The molecular formula is C26H37ClN2. The van der Waals surface area contributed by atoms with Crippen molar-refractivity contribution in [1.82, 2.24) is 0 Å². The predicted octanol–water partition coefficient (Wildman–Crippen LogP) is 7.47. The first-order valence-corrected chi connectivity index (χ1v) is 11.3. The van der Waals surface area contributed by atoms with Gasteiger partial charge in [-0.15, -0.1) is 12.4 Å². The van der Waals surface area contributed by atoms with E-state index >= 15 is 0 Å². The number of nitrogens with zero attached hydrogens (tertiary/aromatic N) is 2. The fraction of sp³-hybridized carbons (Fsp3) is 0.500. The van der Waals surface area contributed by atoms with Gasteiger partial charge in [0.05, 0.1) is 0 Å². The third kappa shape index (κ3) is 8.62. The van der Waals surface area contributed by atoms with Crippen LogP contribution in [0.5, 0.6) is 0 Å². The normalized spacial score (nSPS) is 16.3. The van der Waals surface area contributed by atoms with Crippen LogP contribution in [0.2, 0.25) is 0 Å². The Morgan fingerprint density at radius 1 is 0.655 bits per heavy atom. The summed E-state index contributed by atoms with van der Waals surface area (Å²) in [6, 6.07) is 21.7. The van der Waals surface area contributed by atoms with Gasteiger partial charge in [-0.05, 0) is 37.0 Å². The second-order valence-electron chi connectivity index (χ2n) is 7.95. The molecule has 0 radical (unpaired) electrons. The van der Waals surface area contributed by atoms with Crippen molar-refractivity contribution >= 4 is 23.9 Å². The smallest absolute Gasteiger partial charge is 0.103 e. The summed E-state index contributed by atoms with van der Waals surface area (Å²) in [4.78, 5) is 7.60. The molecule has 1 heterocycles. The second-order valence-corrected chi connectivity index (χ2v) is 7.95. The molecule has 3 heteroatoms. The first-order valence-electron chi connectivity index (χ1n) is 11.3. The van der Waals surface area contributed by atoms with Gasteiger partial charge in [-0.3, -0.25) is 4.99 Å². The average Bonchev–Trinajstić information content (AvgIpc) is 2.77. The number of aliphatic imine (C=N–C) groups is 1. The van der Waals surface area contributed by atoms with Crippen molar-refractivity contribution in [1.29, 1.82) is 0 Å². The van der Waals surface area contributed by atoms with Crippen molar-refractivity contribution < 1.29 is 0 Å². The van der Waals surface area contributed by atoms with Crippen LogP contribution in [0, 0.1) is 0 Å². The summed E-state index contributed by atoms with van der Waals surface area (Å²) in [5.41, 5.74) is 2.68. The van der Waals surface area contributed by atoms with Crippen LogP contribution in [-0.4, -0.2) is 18.9 Å². The van der Waals surface area contributed by atoms with Gasteiger partial charge in [0.2, 0.25) is 0 Å². The molecule has 0 atom stereocenters. The third-order valence-electron chi connectivity index (χ3n) is 5.70. The van der Waals surface area contributed by atoms with Crippen LogP contribution < -0.4 is 4.90 Å². The summed E-state index contributed by atoms with van der Waals surface area (Å²) in [6.45, 7) is 1.97. The first kappa shape index (κ1) is 23.5. The largest absolute Gasteiger partial charge is 0.330 e. The van der Waals surface area contributed by atoms with Gasteiger partial charge in [-0.25, -0.2) is 0 Å². The monoisotopic (exact) mass is 412 g/mol. The molecular weight excluding hydrogens is 376 g/mol. The molecule has 0 aromatic heterocycles. The van der Waals surface area contributed by atoms with Gasteiger partial charge in [0, 0.05) is 25.2 Å². The maximum absolute atomic E-state index is 5.12. The fourth-order valence-electron chi connectivity index (χ4n) is 4.04. The molecule has 0 amide bonds. The van der Waals surface area contributed by atoms with E-state index in [1.807, 2.05) is 0 Å². The molecule has 0 saturated carbocycles. The summed E-state index contributed by atoms with van der Waals surface area (Å²) in [5.74, 6) is 1.29. The average molecular weight is 413 g/mol. The standard InChI is InChI=1S/C26H36N2.ClH/c1-2-4-6-14-20-26(27-22-15-7-5-3-1)28(25-18-12-9-13-19-25)23-21-24-16-10-8-11-17-24;/h8-13,16-19H,1-7,14-15,20-23H2;1H. The number of hydrogen-bond acceptors (Lipinski definition) is 2. The molecule has 0 aliphatic carbocycles. The zero-order valence-corrected chi connectivity index (χ0v) is 18.6. The Balaban J connectivity index is 0.00000300. The minimum atomic E-state index is 0. The predicted molar refractivity (Wildman–Crippen MR) is 130 cm³/mol. The highest BCUT2D eigenvalue weighted by Crippen LogP contribution is 2.19. The quantitative estimate of drug-likeness (QED) is 0.508. The summed E-state index contributed by atoms with van der Waals surface area (Å²) in [7, 11) is 0. The van der Waals surface area contributed by atoms with Gasteiger partial charge in [-0.2, -0.15) is 0 Å². The lowest BCUT2D eigenvalue weighted by Gasteiger charge is -2.27. The van der Waals surface area contributed by atoms with Crippen molar-refractivity contribution in [3.05, 3.63) is 66.2 Å². The van der Waals surface area contributed by atoms with Crippen LogP contribution in [0.3, 0.4) is 0 Å². The molecule has 2 aromatic rings. The van der Waals surface area contributed by atoms with E-state index in [1.165, 1.54) is 74.9 Å². The highest BCUT2D eigenvalue weighted by atomic mass is 35.5. The maximum atomic E-state index is 5.12. The number of rotatable bonds is 4. The number of halogens is 1. The Labute approximate surface area is 183 Å². The number of para-hydroxylation sites is 1. The minimum Gasteiger partial charge on any atom is -0.330 e. The molecule has 2 aromatic carbocycles. The Morgan fingerprint density at radius 2 is 1.21 bits per heavy atom. The Morgan fingerprint density at radius 3 is 1.86 bits per heavy atom. The Bertz CT molecular complexity index is 684. The molecule has 0 bridgehead atoms. The van der Waals surface area contributed by atoms with E-state index in [0.717, 1.165) is 25.9 Å². The number of amidine groups is 1. The summed E-state index contributed by atoms with van der Waals surface area (Å²) in [6.07, 6.45) is 14.3. The van der Waals surface area contributed by atoms with Gasteiger partial charge in [-0.1, -0.05) is 93.5 Å². The number of benzene rings is 2. The summed E-state index contributed by atoms with van der Waals surface area (Å²) < 4.78 is 0. The molecule has 0 unspecified atom stereocenters. The van der Waals surface area contributed by atoms with Gasteiger partial charge < -0.3 is 4.90 Å². The fourth-order valence-corrected chi connectivity index (χ4v) is 4.04. The minimum absolute atomic E-state index is 0. The van der Waals surface area contributed by atoms with Crippen LogP contribution in [0.25, 0.3) is 0 Å². The number of hydrogen-bond donors (Lipinski definition) is 0. The zero-order valence-electron chi connectivity index (χ0n) is 17.8. The van der Waals surface area contributed by atoms with Crippen LogP contribution in [0.15, 0.2) is 65.7 Å². The van der Waals surface area contributed by atoms with E-state index in [2.05, 4.69) is 65.6 Å². The summed E-state index contributed by atoms with van der Waals surface area (Å²) in [5, 5.41) is 0. The molecule has 0 saturated heterocycles. The summed E-state index contributed by atoms with van der Waals surface area (Å²) >= 11 is 0. The van der Waals surface area contributed by atoms with Gasteiger partial charge in [0.15, 0.2) is 0 Å². The topological polar surface area (TPSA) is 15.6 Å². The van der Waals surface area contributed by atoms with Crippen molar-refractivity contribution in [2.24, 2.45) is 4.99 Å². The molecule has 158 valence electrons. The van der Waals surface area contributed by atoms with E-state index in [4.69, 9.17) is 4.99 Å². The van der Waals surface area contributed by atoms with E-state index < -0.39 is 0 Å². The Kier molecular flexibility index (Phi) is 11.5. The molecule has 0 fully saturated rings. The van der Waals surface area contributed by atoms with Crippen molar-refractivity contribution in [3.8, 4) is 0 Å². The molecule has 1 aliphatic rings. The van der Waals surface area contributed by atoms with E-state index in [0.29, 0.717) is 0 Å². The van der Waals surface area contributed by atoms with E-state index in [-0.39, 0.29) is 12.4 Å². The molecule has 1 aliphatic heterocycles. The molecule has 0 spiro atoms. The van der Waals surface area contributed by atoms with Crippen molar-refractivity contribution in [2.75, 3.05) is 18.0 Å². The van der Waals surface area contributed by atoms with Crippen LogP contribution in [0.4, 0.5) is 5.69 Å². The van der Waals surface area contributed by atoms with Gasteiger partial charge in [0.1, 0.15) is 5.84 Å². The molecule has 2 nitrogen and oxygen atoms in total. The highest BCUT2D eigenvalue weighted by Gasteiger charge is 2.14. The zero-order chi connectivity index (χ0) is 19.3. The maximum Gasteiger partial charge on any atom is 0.103 e. The Hall–Kier alpha value is -1.80. The van der Waals surface area contributed by atoms with Crippen LogP contribution in [-0.2, 0) is 6.42 Å². The van der Waals surface area contributed by atoms with Crippen LogP contribution in [0.1, 0.15) is 69.8 Å². The van der Waals surface area contributed by atoms with Crippen molar-refractivity contribution in [3.63, 3.8) is 0 Å². The molecule has 3 rings (SSSR count). The lowest BCUT2D eigenvalue weighted by molar-refractivity contribution is 0.567. The van der Waals surface area contributed by atoms with Crippen molar-refractivity contribution in [2.45, 2.75) is 70.6 Å². The van der Waals surface area contributed by atoms with Gasteiger partial charge in [0.25, 0.3) is 0 Å². The van der Waals surface area contributed by atoms with Crippen LogP contribution >= 0.6 is 12.4 Å². The lowest BCUT2D eigenvalue weighted by Crippen LogP contribution is -2.33. The van der Waals surface area contributed by atoms with E-state index in [1.54, 1.807) is 0 Å². The number of anilines is 1.